The fourth-order valence-corrected chi connectivity index (χ4v) is 2.47. The molecule has 7 heteroatoms. The van der Waals surface area contributed by atoms with Crippen molar-refractivity contribution >= 4 is 22.7 Å². The quantitative estimate of drug-likeness (QED) is 0.713. The van der Waals surface area contributed by atoms with Gasteiger partial charge in [0.1, 0.15) is 12.1 Å². The highest BCUT2D eigenvalue weighted by Crippen LogP contribution is 2.33. The largest absolute Gasteiger partial charge is 0.493 e. The monoisotopic (exact) mass is 339 g/mol. The highest BCUT2D eigenvalue weighted by Gasteiger charge is 2.11. The summed E-state index contributed by atoms with van der Waals surface area (Å²) in [5.74, 6) is 0.915. The van der Waals surface area contributed by atoms with E-state index in [9.17, 15) is 4.79 Å². The molecular weight excluding hydrogens is 322 g/mol. The van der Waals surface area contributed by atoms with Gasteiger partial charge in [-0.3, -0.25) is 0 Å². The number of fused-ring (bicyclic) bond motifs is 1. The van der Waals surface area contributed by atoms with Crippen LogP contribution in [0.5, 0.6) is 11.5 Å². The van der Waals surface area contributed by atoms with Gasteiger partial charge in [-0.05, 0) is 23.8 Å². The molecule has 0 amide bonds. The van der Waals surface area contributed by atoms with E-state index >= 15 is 0 Å². The van der Waals surface area contributed by atoms with Crippen LogP contribution < -0.4 is 14.8 Å². The third kappa shape index (κ3) is 3.45. The number of rotatable bonds is 6. The molecule has 1 heterocycles. The summed E-state index contributed by atoms with van der Waals surface area (Å²) in [6.45, 7) is 0.500. The van der Waals surface area contributed by atoms with Gasteiger partial charge < -0.3 is 19.9 Å². The molecule has 0 atom stereocenters. The van der Waals surface area contributed by atoms with Crippen LogP contribution in [0.4, 0.5) is 5.82 Å². The number of nitrogens with zero attached hydrogens (tertiary/aromatic N) is 2. The zero-order valence-corrected chi connectivity index (χ0v) is 13.8. The summed E-state index contributed by atoms with van der Waals surface area (Å²) >= 11 is 0. The molecule has 2 aromatic carbocycles. The molecule has 0 aliphatic heterocycles. The lowest BCUT2D eigenvalue weighted by atomic mass is 10.1. The van der Waals surface area contributed by atoms with E-state index in [1.807, 2.05) is 6.07 Å². The number of hydrogen-bond acceptors (Lipinski definition) is 6. The summed E-state index contributed by atoms with van der Waals surface area (Å²) in [5.41, 5.74) is 1.93. The molecule has 0 aliphatic rings. The van der Waals surface area contributed by atoms with Gasteiger partial charge in [0.2, 0.25) is 0 Å². The highest BCUT2D eigenvalue weighted by molar-refractivity contribution is 5.91. The summed E-state index contributed by atoms with van der Waals surface area (Å²) < 4.78 is 10.6. The molecule has 3 aromatic rings. The number of aromatic carboxylic acids is 1. The van der Waals surface area contributed by atoms with Crippen LogP contribution in [0.2, 0.25) is 0 Å². The molecular formula is C18H17N3O4. The molecule has 25 heavy (non-hydrogen) atoms. The van der Waals surface area contributed by atoms with Gasteiger partial charge >= 0.3 is 5.97 Å². The van der Waals surface area contributed by atoms with Crippen LogP contribution in [0.25, 0.3) is 10.9 Å². The number of nitrogens with one attached hydrogen (secondary N) is 1. The molecule has 2 N–H and O–H groups in total. The number of ether oxygens (including phenoxy) is 2. The fraction of sp³-hybridized carbons (Fsp3) is 0.167. The number of hydrogen-bond donors (Lipinski definition) is 2. The van der Waals surface area contributed by atoms with Crippen molar-refractivity contribution in [2.24, 2.45) is 0 Å². The number of aromatic nitrogens is 2. The third-order valence-electron chi connectivity index (χ3n) is 3.80. The van der Waals surface area contributed by atoms with Gasteiger partial charge in [0.25, 0.3) is 0 Å². The molecule has 128 valence electrons. The fourth-order valence-electron chi connectivity index (χ4n) is 2.47. The predicted octanol–water partition coefficient (Wildman–Crippen LogP) is 2.96. The lowest BCUT2D eigenvalue weighted by Crippen LogP contribution is -2.04. The van der Waals surface area contributed by atoms with E-state index in [0.29, 0.717) is 23.9 Å². The number of carboxylic acids is 1. The average molecular weight is 339 g/mol. The zero-order chi connectivity index (χ0) is 17.8. The Morgan fingerprint density at radius 2 is 1.76 bits per heavy atom. The topological polar surface area (TPSA) is 93.6 Å². The minimum absolute atomic E-state index is 0.257. The molecule has 3 rings (SSSR count). The van der Waals surface area contributed by atoms with E-state index in [2.05, 4.69) is 15.3 Å². The van der Waals surface area contributed by atoms with E-state index < -0.39 is 5.97 Å². The maximum absolute atomic E-state index is 10.9. The molecule has 0 saturated carbocycles. The minimum atomic E-state index is -0.942. The molecule has 0 radical (unpaired) electrons. The van der Waals surface area contributed by atoms with Gasteiger partial charge in [0.05, 0.1) is 25.3 Å². The van der Waals surface area contributed by atoms with Crippen molar-refractivity contribution in [3.63, 3.8) is 0 Å². The molecule has 0 spiro atoms. The lowest BCUT2D eigenvalue weighted by molar-refractivity contribution is 0.0697. The number of benzene rings is 2. The van der Waals surface area contributed by atoms with Crippen molar-refractivity contribution in [1.29, 1.82) is 0 Å². The van der Waals surface area contributed by atoms with Crippen LogP contribution >= 0.6 is 0 Å². The molecule has 1 aromatic heterocycles. The zero-order valence-electron chi connectivity index (χ0n) is 13.8. The molecule has 7 nitrogen and oxygen atoms in total. The second-order valence-electron chi connectivity index (χ2n) is 5.30. The van der Waals surface area contributed by atoms with Crippen LogP contribution in [-0.4, -0.2) is 35.3 Å². The number of anilines is 1. The van der Waals surface area contributed by atoms with Crippen molar-refractivity contribution < 1.29 is 19.4 Å². The summed E-state index contributed by atoms with van der Waals surface area (Å²) in [7, 11) is 3.15. The van der Waals surface area contributed by atoms with Gasteiger partial charge in [0, 0.05) is 18.0 Å². The van der Waals surface area contributed by atoms with E-state index in [1.54, 1.807) is 44.6 Å². The summed E-state index contributed by atoms with van der Waals surface area (Å²) in [5, 5.41) is 13.0. The van der Waals surface area contributed by atoms with E-state index in [4.69, 9.17) is 14.6 Å². The van der Waals surface area contributed by atoms with Gasteiger partial charge in [-0.25, -0.2) is 14.8 Å². The summed E-state index contributed by atoms with van der Waals surface area (Å²) in [6, 6.07) is 10.3. The maximum atomic E-state index is 10.9. The normalized spacial score (nSPS) is 10.5. The molecule has 0 saturated heterocycles. The molecule has 0 bridgehead atoms. The Balaban J connectivity index is 1.87. The van der Waals surface area contributed by atoms with Crippen molar-refractivity contribution in [3.8, 4) is 11.5 Å². The van der Waals surface area contributed by atoms with Crippen LogP contribution in [0.1, 0.15) is 15.9 Å². The summed E-state index contributed by atoms with van der Waals surface area (Å²) in [6.07, 6.45) is 1.48. The molecule has 0 unspecified atom stereocenters. The molecule has 0 fully saturated rings. The average Bonchev–Trinajstić information content (AvgIpc) is 2.65. The van der Waals surface area contributed by atoms with Crippen LogP contribution in [0, 0.1) is 0 Å². The Bertz CT molecular complexity index is 910. The van der Waals surface area contributed by atoms with Crippen molar-refractivity contribution in [1.82, 2.24) is 9.97 Å². The van der Waals surface area contributed by atoms with Gasteiger partial charge in [-0.1, -0.05) is 12.1 Å². The van der Waals surface area contributed by atoms with E-state index in [-0.39, 0.29) is 5.56 Å². The molecule has 0 aliphatic carbocycles. The number of methoxy groups -OCH3 is 2. The first kappa shape index (κ1) is 16.5. The Morgan fingerprint density at radius 3 is 2.40 bits per heavy atom. The Labute approximate surface area is 144 Å². The first-order valence-corrected chi connectivity index (χ1v) is 7.55. The lowest BCUT2D eigenvalue weighted by Gasteiger charge is -2.12. The Kier molecular flexibility index (Phi) is 4.65. The number of carbonyl (C=O) groups is 1. The second kappa shape index (κ2) is 7.04. The van der Waals surface area contributed by atoms with Crippen LogP contribution in [0.3, 0.4) is 0 Å². The predicted molar refractivity (Wildman–Crippen MR) is 93.4 cm³/mol. The highest BCUT2D eigenvalue weighted by atomic mass is 16.5. The van der Waals surface area contributed by atoms with Crippen molar-refractivity contribution in [2.75, 3.05) is 19.5 Å². The minimum Gasteiger partial charge on any atom is -0.493 e. The van der Waals surface area contributed by atoms with Gasteiger partial charge in [-0.2, -0.15) is 0 Å². The van der Waals surface area contributed by atoms with Gasteiger partial charge in [-0.15, -0.1) is 0 Å². The van der Waals surface area contributed by atoms with E-state index in [1.165, 1.54) is 6.33 Å². The Hall–Kier alpha value is -3.35. The smallest absolute Gasteiger partial charge is 0.335 e. The maximum Gasteiger partial charge on any atom is 0.335 e. The SMILES string of the molecule is COc1cc2ncnc(NCc3ccc(C(=O)O)cc3)c2cc1OC. The first-order valence-electron chi connectivity index (χ1n) is 7.55. The Morgan fingerprint density at radius 1 is 1.08 bits per heavy atom. The van der Waals surface area contributed by atoms with Crippen molar-refractivity contribution in [3.05, 3.63) is 53.9 Å². The van der Waals surface area contributed by atoms with Crippen LogP contribution in [-0.2, 0) is 6.54 Å². The first-order chi connectivity index (χ1) is 12.1. The van der Waals surface area contributed by atoms with E-state index in [0.717, 1.165) is 16.5 Å². The van der Waals surface area contributed by atoms with Gasteiger partial charge in [0.15, 0.2) is 11.5 Å². The van der Waals surface area contributed by atoms with Crippen LogP contribution in [0.15, 0.2) is 42.7 Å². The second-order valence-corrected chi connectivity index (χ2v) is 5.30. The number of carboxylic acid groups (broad SMARTS) is 1. The third-order valence-corrected chi connectivity index (χ3v) is 3.80. The van der Waals surface area contributed by atoms with Crippen molar-refractivity contribution in [2.45, 2.75) is 6.54 Å². The standard InChI is InChI=1S/C18H17N3O4/c1-24-15-7-13-14(8-16(15)25-2)20-10-21-17(13)19-9-11-3-5-12(6-4-11)18(22)23/h3-8,10H,9H2,1-2H3,(H,22,23)(H,19,20,21). The summed E-state index contributed by atoms with van der Waals surface area (Å²) in [4.78, 5) is 19.4.